The molecule has 1 heterocycles. The van der Waals surface area contributed by atoms with Crippen molar-refractivity contribution in [2.45, 2.75) is 38.8 Å². The second-order valence-corrected chi connectivity index (χ2v) is 7.07. The molecule has 1 aliphatic rings. The minimum atomic E-state index is -0.161. The summed E-state index contributed by atoms with van der Waals surface area (Å²) >= 11 is 3.60. The first-order chi connectivity index (χ1) is 9.96. The first-order valence-corrected chi connectivity index (χ1v) is 8.05. The van der Waals surface area contributed by atoms with E-state index in [1.54, 1.807) is 0 Å². The molecule has 1 aliphatic heterocycles. The van der Waals surface area contributed by atoms with Crippen molar-refractivity contribution in [3.8, 4) is 5.75 Å². The van der Waals surface area contributed by atoms with Crippen molar-refractivity contribution in [1.82, 2.24) is 0 Å². The third kappa shape index (κ3) is 2.93. The molecule has 0 amide bonds. The van der Waals surface area contributed by atoms with Gasteiger partial charge in [-0.3, -0.25) is 0 Å². The molecule has 0 radical (unpaired) electrons. The number of para-hydroxylation sites is 1. The highest BCUT2D eigenvalue weighted by molar-refractivity contribution is 9.10. The summed E-state index contributed by atoms with van der Waals surface area (Å²) in [5.41, 5.74) is 3.48. The average Bonchev–Trinajstić information content (AvgIpc) is 2.42. The van der Waals surface area contributed by atoms with Crippen LogP contribution >= 0.6 is 15.9 Å². The third-order valence-electron chi connectivity index (χ3n) is 3.97. The molecule has 110 valence electrons. The Balaban J connectivity index is 1.96. The number of fused-ring (bicyclic) bond motifs is 1. The number of rotatable bonds is 2. The largest absolute Gasteiger partial charge is 0.487 e. The van der Waals surface area contributed by atoms with Crippen molar-refractivity contribution in [2.24, 2.45) is 0 Å². The van der Waals surface area contributed by atoms with E-state index in [1.807, 2.05) is 6.07 Å². The van der Waals surface area contributed by atoms with Crippen LogP contribution in [0.1, 0.15) is 37.4 Å². The van der Waals surface area contributed by atoms with Crippen LogP contribution in [0.4, 0.5) is 5.69 Å². The van der Waals surface area contributed by atoms with E-state index in [1.165, 1.54) is 16.8 Å². The Bertz CT molecular complexity index is 666. The van der Waals surface area contributed by atoms with Gasteiger partial charge >= 0.3 is 0 Å². The fraction of sp³-hybridized carbons (Fsp3) is 0.333. The zero-order valence-corrected chi connectivity index (χ0v) is 14.2. The van der Waals surface area contributed by atoms with Crippen molar-refractivity contribution in [3.05, 3.63) is 58.1 Å². The van der Waals surface area contributed by atoms with Crippen molar-refractivity contribution < 1.29 is 4.74 Å². The van der Waals surface area contributed by atoms with E-state index in [9.17, 15) is 0 Å². The molecule has 0 saturated heterocycles. The van der Waals surface area contributed by atoms with E-state index < -0.39 is 0 Å². The van der Waals surface area contributed by atoms with Gasteiger partial charge in [0.05, 0.1) is 6.04 Å². The fourth-order valence-corrected chi connectivity index (χ4v) is 3.25. The molecule has 0 aliphatic carbocycles. The number of anilines is 1. The summed E-state index contributed by atoms with van der Waals surface area (Å²) < 4.78 is 7.22. The Morgan fingerprint density at radius 1 is 1.14 bits per heavy atom. The maximum atomic E-state index is 6.09. The highest BCUT2D eigenvalue weighted by Gasteiger charge is 2.33. The molecule has 0 saturated carbocycles. The van der Waals surface area contributed by atoms with Gasteiger partial charge in [-0.15, -0.1) is 0 Å². The molecule has 0 spiro atoms. The molecule has 21 heavy (non-hydrogen) atoms. The Hall–Kier alpha value is -1.48. The van der Waals surface area contributed by atoms with Crippen LogP contribution in [0.2, 0.25) is 0 Å². The molecule has 3 rings (SSSR count). The van der Waals surface area contributed by atoms with Gasteiger partial charge in [0.15, 0.2) is 0 Å². The molecule has 0 aromatic heterocycles. The van der Waals surface area contributed by atoms with Gasteiger partial charge in [-0.1, -0.05) is 40.2 Å². The first-order valence-electron chi connectivity index (χ1n) is 7.26. The van der Waals surface area contributed by atoms with Crippen LogP contribution in [-0.4, -0.2) is 5.60 Å². The summed E-state index contributed by atoms with van der Waals surface area (Å²) in [6.45, 7) is 6.42. The van der Waals surface area contributed by atoms with Gasteiger partial charge in [0.2, 0.25) is 0 Å². The zero-order valence-electron chi connectivity index (χ0n) is 12.6. The summed E-state index contributed by atoms with van der Waals surface area (Å²) in [6, 6.07) is 14.8. The average molecular weight is 346 g/mol. The summed E-state index contributed by atoms with van der Waals surface area (Å²) in [6.07, 6.45) is 0.940. The zero-order chi connectivity index (χ0) is 15.0. The number of hydrogen-bond acceptors (Lipinski definition) is 2. The molecule has 3 heteroatoms. The summed E-state index contributed by atoms with van der Waals surface area (Å²) in [4.78, 5) is 0. The molecule has 1 N–H and O–H groups in total. The highest BCUT2D eigenvalue weighted by Crippen LogP contribution is 2.41. The molecule has 2 aromatic carbocycles. The van der Waals surface area contributed by atoms with Crippen LogP contribution in [0.15, 0.2) is 46.9 Å². The maximum absolute atomic E-state index is 6.09. The second-order valence-electron chi connectivity index (χ2n) is 6.21. The molecular weight excluding hydrogens is 326 g/mol. The molecular formula is C18H20BrNO. The van der Waals surface area contributed by atoms with Crippen molar-refractivity contribution >= 4 is 21.6 Å². The van der Waals surface area contributed by atoms with Crippen LogP contribution in [0.5, 0.6) is 5.75 Å². The van der Waals surface area contributed by atoms with E-state index in [2.05, 4.69) is 78.4 Å². The molecule has 0 bridgehead atoms. The summed E-state index contributed by atoms with van der Waals surface area (Å²) in [5.74, 6) is 0.985. The Morgan fingerprint density at radius 3 is 2.71 bits per heavy atom. The van der Waals surface area contributed by atoms with Crippen LogP contribution < -0.4 is 10.1 Å². The Kier molecular flexibility index (Phi) is 3.70. The van der Waals surface area contributed by atoms with Gasteiger partial charge in [0.25, 0.3) is 0 Å². The quantitative estimate of drug-likeness (QED) is 0.778. The lowest BCUT2D eigenvalue weighted by Gasteiger charge is -2.38. The number of ether oxygens (including phenoxy) is 1. The second kappa shape index (κ2) is 5.38. The number of nitrogens with one attached hydrogen (secondary N) is 1. The molecule has 2 nitrogen and oxygen atoms in total. The monoisotopic (exact) mass is 345 g/mol. The SMILES string of the molecule is Cc1c(Br)cccc1NC1CC(C)(C)Oc2ccccc21. The van der Waals surface area contributed by atoms with E-state index in [0.29, 0.717) is 0 Å². The Morgan fingerprint density at radius 2 is 1.90 bits per heavy atom. The van der Waals surface area contributed by atoms with Gasteiger partial charge < -0.3 is 10.1 Å². The molecule has 0 fully saturated rings. The highest BCUT2D eigenvalue weighted by atomic mass is 79.9. The summed E-state index contributed by atoms with van der Waals surface area (Å²) in [5, 5.41) is 3.69. The van der Waals surface area contributed by atoms with Crippen molar-refractivity contribution in [3.63, 3.8) is 0 Å². The topological polar surface area (TPSA) is 21.3 Å². The van der Waals surface area contributed by atoms with E-state index >= 15 is 0 Å². The third-order valence-corrected chi connectivity index (χ3v) is 4.83. The fourth-order valence-electron chi connectivity index (χ4n) is 2.88. The van der Waals surface area contributed by atoms with Crippen molar-refractivity contribution in [2.75, 3.05) is 5.32 Å². The van der Waals surface area contributed by atoms with Gasteiger partial charge in [0, 0.05) is 22.1 Å². The van der Waals surface area contributed by atoms with E-state index in [0.717, 1.165) is 16.6 Å². The lowest BCUT2D eigenvalue weighted by molar-refractivity contribution is 0.0759. The lowest BCUT2D eigenvalue weighted by atomic mass is 9.89. The first kappa shape index (κ1) is 14.5. The van der Waals surface area contributed by atoms with Crippen LogP contribution in [0, 0.1) is 6.92 Å². The van der Waals surface area contributed by atoms with E-state index in [4.69, 9.17) is 4.74 Å². The van der Waals surface area contributed by atoms with Gasteiger partial charge in [-0.2, -0.15) is 0 Å². The van der Waals surface area contributed by atoms with E-state index in [-0.39, 0.29) is 11.6 Å². The number of hydrogen-bond donors (Lipinski definition) is 1. The minimum absolute atomic E-state index is 0.161. The van der Waals surface area contributed by atoms with Crippen LogP contribution in [0.3, 0.4) is 0 Å². The smallest absolute Gasteiger partial charge is 0.125 e. The Labute approximate surface area is 134 Å². The summed E-state index contributed by atoms with van der Waals surface area (Å²) in [7, 11) is 0. The molecule has 2 aromatic rings. The normalized spacial score (nSPS) is 19.5. The number of halogens is 1. The molecule has 1 unspecified atom stereocenters. The predicted molar refractivity (Wildman–Crippen MR) is 91.0 cm³/mol. The lowest BCUT2D eigenvalue weighted by Crippen LogP contribution is -2.37. The van der Waals surface area contributed by atoms with Gasteiger partial charge in [-0.05, 0) is 44.5 Å². The predicted octanol–water partition coefficient (Wildman–Crippen LogP) is 5.47. The number of benzene rings is 2. The van der Waals surface area contributed by atoms with Crippen LogP contribution in [0.25, 0.3) is 0 Å². The van der Waals surface area contributed by atoms with Crippen molar-refractivity contribution in [1.29, 1.82) is 0 Å². The molecule has 1 atom stereocenters. The maximum Gasteiger partial charge on any atom is 0.125 e. The standard InChI is InChI=1S/C18H20BrNO/c1-12-14(19)8-6-9-15(12)20-16-11-18(2,3)21-17-10-5-4-7-13(16)17/h4-10,16,20H,11H2,1-3H3. The minimum Gasteiger partial charge on any atom is -0.487 e. The van der Waals surface area contributed by atoms with Gasteiger partial charge in [-0.25, -0.2) is 0 Å². The van der Waals surface area contributed by atoms with Gasteiger partial charge in [0.1, 0.15) is 11.4 Å². The van der Waals surface area contributed by atoms with Crippen LogP contribution in [-0.2, 0) is 0 Å².